The predicted octanol–water partition coefficient (Wildman–Crippen LogP) is 2.78. The van der Waals surface area contributed by atoms with Gasteiger partial charge in [-0.2, -0.15) is 5.10 Å². The van der Waals surface area contributed by atoms with Gasteiger partial charge in [0.25, 0.3) is 0 Å². The van der Waals surface area contributed by atoms with E-state index >= 15 is 0 Å². The van der Waals surface area contributed by atoms with Crippen LogP contribution in [0.25, 0.3) is 10.6 Å². The molecule has 0 unspecified atom stereocenters. The van der Waals surface area contributed by atoms with Crippen molar-refractivity contribution in [2.45, 2.75) is 32.2 Å². The summed E-state index contributed by atoms with van der Waals surface area (Å²) in [5.41, 5.74) is 2.41. The Labute approximate surface area is 123 Å². The normalized spacial score (nSPS) is 17.6. The van der Waals surface area contributed by atoms with Gasteiger partial charge in [0.1, 0.15) is 0 Å². The molecule has 0 saturated heterocycles. The fourth-order valence-corrected chi connectivity index (χ4v) is 3.81. The summed E-state index contributed by atoms with van der Waals surface area (Å²) in [4.78, 5) is 1.22. The zero-order valence-electron chi connectivity index (χ0n) is 11.6. The Kier molecular flexibility index (Phi) is 4.19. The molecule has 1 saturated carbocycles. The molecular weight excluding hydrogens is 270 g/mol. The minimum Gasteiger partial charge on any atom is -0.396 e. The highest BCUT2D eigenvalue weighted by Gasteiger charge is 2.32. The van der Waals surface area contributed by atoms with Crippen molar-refractivity contribution >= 4 is 11.3 Å². The first kappa shape index (κ1) is 13.8. The van der Waals surface area contributed by atoms with Crippen molar-refractivity contribution < 1.29 is 5.11 Å². The van der Waals surface area contributed by atoms with E-state index < -0.39 is 0 Å². The smallest absolute Gasteiger partial charge is 0.0794 e. The molecule has 0 spiro atoms. The summed E-state index contributed by atoms with van der Waals surface area (Å²) < 4.78 is 0. The quantitative estimate of drug-likeness (QED) is 0.767. The zero-order valence-corrected chi connectivity index (χ0v) is 12.4. The highest BCUT2D eigenvalue weighted by molar-refractivity contribution is 7.13. The van der Waals surface area contributed by atoms with Gasteiger partial charge in [-0.05, 0) is 24.3 Å². The molecule has 0 radical (unpaired) electrons. The summed E-state index contributed by atoms with van der Waals surface area (Å²) >= 11 is 1.72. The van der Waals surface area contributed by atoms with E-state index in [0.29, 0.717) is 6.61 Å². The fourth-order valence-electron chi connectivity index (χ4n) is 3.06. The van der Waals surface area contributed by atoms with Crippen LogP contribution in [0.5, 0.6) is 0 Å². The minimum atomic E-state index is 0.104. The number of hydrogen-bond donors (Lipinski definition) is 3. The topological polar surface area (TPSA) is 60.9 Å². The molecule has 108 valence electrons. The highest BCUT2D eigenvalue weighted by Crippen LogP contribution is 2.37. The largest absolute Gasteiger partial charge is 0.396 e. The van der Waals surface area contributed by atoms with Crippen molar-refractivity contribution in [3.05, 3.63) is 29.3 Å². The maximum atomic E-state index is 9.62. The van der Waals surface area contributed by atoms with Gasteiger partial charge in [-0.25, -0.2) is 0 Å². The molecule has 1 fully saturated rings. The van der Waals surface area contributed by atoms with Gasteiger partial charge in [-0.15, -0.1) is 11.3 Å². The number of H-pyrrole nitrogens is 1. The van der Waals surface area contributed by atoms with Gasteiger partial charge in [0.15, 0.2) is 0 Å². The maximum Gasteiger partial charge on any atom is 0.0794 e. The lowest BCUT2D eigenvalue weighted by molar-refractivity contribution is 0.128. The zero-order chi connectivity index (χ0) is 13.8. The molecule has 0 aliphatic heterocycles. The molecule has 0 aromatic carbocycles. The summed E-state index contributed by atoms with van der Waals surface area (Å²) in [5, 5.41) is 22.4. The van der Waals surface area contributed by atoms with Crippen LogP contribution in [0, 0.1) is 5.41 Å². The third-order valence-electron chi connectivity index (χ3n) is 4.30. The van der Waals surface area contributed by atoms with Crippen LogP contribution in [-0.2, 0) is 6.54 Å². The van der Waals surface area contributed by atoms with E-state index in [2.05, 4.69) is 33.0 Å². The fraction of sp³-hybridized carbons (Fsp3) is 0.533. The van der Waals surface area contributed by atoms with Crippen LogP contribution in [0.4, 0.5) is 0 Å². The first-order chi connectivity index (χ1) is 9.83. The number of hydrogen-bond acceptors (Lipinski definition) is 4. The van der Waals surface area contributed by atoms with Crippen molar-refractivity contribution in [3.63, 3.8) is 0 Å². The highest BCUT2D eigenvalue weighted by atomic mass is 32.1. The second kappa shape index (κ2) is 6.08. The third kappa shape index (κ3) is 2.80. The molecule has 3 N–H and O–H groups in total. The van der Waals surface area contributed by atoms with Crippen LogP contribution in [0.1, 0.15) is 31.2 Å². The number of nitrogens with zero attached hydrogens (tertiary/aromatic N) is 1. The molecule has 0 amide bonds. The lowest BCUT2D eigenvalue weighted by Crippen LogP contribution is -2.34. The number of nitrogens with one attached hydrogen (secondary N) is 2. The maximum absolute atomic E-state index is 9.62. The van der Waals surface area contributed by atoms with Crippen molar-refractivity contribution in [1.29, 1.82) is 0 Å². The molecule has 1 aliphatic carbocycles. The van der Waals surface area contributed by atoms with Crippen molar-refractivity contribution in [1.82, 2.24) is 15.5 Å². The van der Waals surface area contributed by atoms with Gasteiger partial charge in [-0.3, -0.25) is 5.10 Å². The number of aromatic nitrogens is 2. The van der Waals surface area contributed by atoms with Crippen LogP contribution < -0.4 is 5.32 Å². The second-order valence-corrected chi connectivity index (χ2v) is 6.66. The van der Waals surface area contributed by atoms with Crippen molar-refractivity contribution in [2.24, 2.45) is 5.41 Å². The molecule has 5 heteroatoms. The molecule has 0 atom stereocenters. The Morgan fingerprint density at radius 1 is 1.40 bits per heavy atom. The first-order valence-electron chi connectivity index (χ1n) is 7.21. The van der Waals surface area contributed by atoms with Gasteiger partial charge in [0.2, 0.25) is 0 Å². The van der Waals surface area contributed by atoms with Gasteiger partial charge in [-0.1, -0.05) is 18.9 Å². The average Bonchev–Trinajstić information content (AvgIpc) is 3.20. The summed E-state index contributed by atoms with van der Waals surface area (Å²) in [7, 11) is 0. The SMILES string of the molecule is OCC1(CNCc2cn[nH]c2-c2cccs2)CCCC1. The van der Waals surface area contributed by atoms with E-state index in [1.165, 1.54) is 23.3 Å². The van der Waals surface area contributed by atoms with Crippen LogP contribution in [0.3, 0.4) is 0 Å². The molecule has 3 rings (SSSR count). The van der Waals surface area contributed by atoms with Crippen molar-refractivity contribution in [3.8, 4) is 10.6 Å². The van der Waals surface area contributed by atoms with E-state index in [9.17, 15) is 5.11 Å². The summed E-state index contributed by atoms with van der Waals surface area (Å²) in [6.45, 7) is 1.98. The molecule has 2 aromatic heterocycles. The molecule has 1 aliphatic rings. The Balaban J connectivity index is 1.61. The van der Waals surface area contributed by atoms with Gasteiger partial charge in [0, 0.05) is 30.7 Å². The average molecular weight is 291 g/mol. The number of aromatic amines is 1. The Morgan fingerprint density at radius 2 is 2.25 bits per heavy atom. The Bertz CT molecular complexity index is 529. The van der Waals surface area contributed by atoms with Crippen LogP contribution in [0.15, 0.2) is 23.7 Å². The lowest BCUT2D eigenvalue weighted by atomic mass is 9.87. The number of aliphatic hydroxyl groups excluding tert-OH is 1. The second-order valence-electron chi connectivity index (χ2n) is 5.72. The van der Waals surface area contributed by atoms with Crippen LogP contribution >= 0.6 is 11.3 Å². The lowest BCUT2D eigenvalue weighted by Gasteiger charge is -2.26. The van der Waals surface area contributed by atoms with E-state index in [1.54, 1.807) is 11.3 Å². The van der Waals surface area contributed by atoms with E-state index in [-0.39, 0.29) is 5.41 Å². The molecule has 2 aromatic rings. The summed E-state index contributed by atoms with van der Waals surface area (Å²) in [6.07, 6.45) is 6.66. The molecule has 4 nitrogen and oxygen atoms in total. The number of aliphatic hydroxyl groups is 1. The summed E-state index contributed by atoms with van der Waals surface area (Å²) in [5.74, 6) is 0. The van der Waals surface area contributed by atoms with Crippen molar-refractivity contribution in [2.75, 3.05) is 13.2 Å². The standard InChI is InChI=1S/C15H21N3OS/c19-11-15(5-1-2-6-15)10-16-8-12-9-17-18-14(12)13-4-3-7-20-13/h3-4,7,9,16,19H,1-2,5-6,8,10-11H2,(H,17,18). The monoisotopic (exact) mass is 291 g/mol. The van der Waals surface area contributed by atoms with Crippen LogP contribution in [0.2, 0.25) is 0 Å². The third-order valence-corrected chi connectivity index (χ3v) is 5.19. The van der Waals surface area contributed by atoms with E-state index in [4.69, 9.17) is 0 Å². The van der Waals surface area contributed by atoms with Gasteiger partial charge < -0.3 is 10.4 Å². The van der Waals surface area contributed by atoms with Gasteiger partial charge >= 0.3 is 0 Å². The Hall–Kier alpha value is -1.17. The molecule has 20 heavy (non-hydrogen) atoms. The number of rotatable bonds is 6. The molecular formula is C15H21N3OS. The molecule has 2 heterocycles. The minimum absolute atomic E-state index is 0.104. The first-order valence-corrected chi connectivity index (χ1v) is 8.09. The Morgan fingerprint density at radius 3 is 2.95 bits per heavy atom. The van der Waals surface area contributed by atoms with Gasteiger partial charge in [0.05, 0.1) is 16.8 Å². The van der Waals surface area contributed by atoms with Crippen LogP contribution in [-0.4, -0.2) is 28.5 Å². The van der Waals surface area contributed by atoms with E-state index in [0.717, 1.165) is 31.6 Å². The summed E-state index contributed by atoms with van der Waals surface area (Å²) in [6, 6.07) is 4.16. The molecule has 0 bridgehead atoms. The predicted molar refractivity (Wildman–Crippen MR) is 81.6 cm³/mol. The number of thiophene rings is 1. The van der Waals surface area contributed by atoms with E-state index in [1.807, 2.05) is 6.20 Å².